The molecule has 0 amide bonds. The number of rotatable bonds is 7. The normalized spacial score (nSPS) is 21.8. The van der Waals surface area contributed by atoms with E-state index in [0.717, 1.165) is 0 Å². The Kier molecular flexibility index (Phi) is 6.47. The van der Waals surface area contributed by atoms with Crippen LogP contribution in [-0.2, 0) is 4.79 Å². The van der Waals surface area contributed by atoms with Crippen LogP contribution in [0.5, 0.6) is 11.5 Å². The van der Waals surface area contributed by atoms with Crippen LogP contribution in [0.2, 0.25) is 0 Å². The minimum Gasteiger partial charge on any atom is -0.493 e. The molecular formula is C16H22ClN5O5. The first-order chi connectivity index (χ1) is 12.8. The first-order valence-electron chi connectivity index (χ1n) is 7.92. The lowest BCUT2D eigenvalue weighted by molar-refractivity contribution is -0.164. The smallest absolute Gasteiger partial charge is 0.320 e. The second-order valence-corrected chi connectivity index (χ2v) is 6.03. The van der Waals surface area contributed by atoms with Gasteiger partial charge in [-0.2, -0.15) is 5.10 Å². The Bertz CT molecular complexity index is 759. The Morgan fingerprint density at radius 3 is 2.70 bits per heavy atom. The average Bonchev–Trinajstić information content (AvgIpc) is 2.66. The predicted octanol–water partition coefficient (Wildman–Crippen LogP) is 0.286. The van der Waals surface area contributed by atoms with E-state index in [4.69, 9.17) is 26.8 Å². The van der Waals surface area contributed by atoms with Crippen LogP contribution in [0, 0.1) is 0 Å². The van der Waals surface area contributed by atoms with Crippen molar-refractivity contribution in [3.05, 3.63) is 23.8 Å². The molecule has 1 aliphatic rings. The number of alkyl halides is 1. The molecule has 0 aliphatic carbocycles. The predicted molar refractivity (Wildman–Crippen MR) is 100 cm³/mol. The lowest BCUT2D eigenvalue weighted by Gasteiger charge is -2.43. The van der Waals surface area contributed by atoms with Gasteiger partial charge in [-0.3, -0.25) is 4.79 Å². The number of carboxylic acids is 1. The zero-order chi connectivity index (χ0) is 20.2. The highest BCUT2D eigenvalue weighted by molar-refractivity contribution is 6.18. The van der Waals surface area contributed by atoms with Gasteiger partial charge in [0.05, 0.1) is 26.3 Å². The van der Waals surface area contributed by atoms with Crippen molar-refractivity contribution < 1.29 is 24.5 Å². The van der Waals surface area contributed by atoms with Gasteiger partial charge in [-0.05, 0) is 30.7 Å². The number of aliphatic imine (C=N–C) groups is 1. The van der Waals surface area contributed by atoms with E-state index in [1.165, 1.54) is 37.3 Å². The van der Waals surface area contributed by atoms with Crippen molar-refractivity contribution in [1.82, 2.24) is 9.91 Å². The van der Waals surface area contributed by atoms with Crippen molar-refractivity contribution in [1.29, 1.82) is 0 Å². The molecule has 1 aromatic rings. The van der Waals surface area contributed by atoms with Gasteiger partial charge in [-0.25, -0.2) is 14.9 Å². The van der Waals surface area contributed by atoms with Crippen molar-refractivity contribution in [3.8, 4) is 11.5 Å². The maximum absolute atomic E-state index is 11.3. The molecule has 0 saturated heterocycles. The number of benzene rings is 1. The fourth-order valence-corrected chi connectivity index (χ4v) is 2.69. The molecule has 0 fully saturated rings. The molecule has 2 rings (SSSR count). The molecule has 2 atom stereocenters. The Morgan fingerprint density at radius 1 is 1.48 bits per heavy atom. The SMILES string of the molecule is COc1ccc(/C=N\N2CN([C@@H](C)C(=O)O)[C@@](O)(CCl)N=C2N)cc1OC. The number of methoxy groups -OCH3 is 2. The summed E-state index contributed by atoms with van der Waals surface area (Å²) in [4.78, 5) is 16.4. The number of hydrazone groups is 1. The molecule has 0 spiro atoms. The van der Waals surface area contributed by atoms with E-state index >= 15 is 0 Å². The van der Waals surface area contributed by atoms with Crippen molar-refractivity contribution >= 4 is 29.7 Å². The van der Waals surface area contributed by atoms with Crippen molar-refractivity contribution in [2.24, 2.45) is 15.8 Å². The van der Waals surface area contributed by atoms with Crippen LogP contribution in [0.4, 0.5) is 0 Å². The summed E-state index contributed by atoms with van der Waals surface area (Å²) in [6.45, 7) is 1.29. The fraction of sp³-hybridized carbons (Fsp3) is 0.438. The third kappa shape index (κ3) is 4.41. The molecule has 11 heteroatoms. The number of carbonyl (C=O) groups is 1. The third-order valence-corrected chi connectivity index (χ3v) is 4.42. The van der Waals surface area contributed by atoms with Crippen LogP contribution < -0.4 is 15.2 Å². The topological polar surface area (TPSA) is 133 Å². The maximum Gasteiger partial charge on any atom is 0.320 e. The average molecular weight is 400 g/mol. The monoisotopic (exact) mass is 399 g/mol. The summed E-state index contributed by atoms with van der Waals surface area (Å²) in [7, 11) is 3.05. The molecule has 0 saturated carbocycles. The van der Waals surface area contributed by atoms with Gasteiger partial charge in [-0.15, -0.1) is 11.6 Å². The number of hydrogen-bond donors (Lipinski definition) is 3. The summed E-state index contributed by atoms with van der Waals surface area (Å²) in [6.07, 6.45) is 1.50. The van der Waals surface area contributed by atoms with Gasteiger partial charge in [0.1, 0.15) is 12.7 Å². The summed E-state index contributed by atoms with van der Waals surface area (Å²) in [5.41, 5.74) is 6.55. The van der Waals surface area contributed by atoms with Gasteiger partial charge in [0.15, 0.2) is 11.5 Å². The molecule has 0 bridgehead atoms. The van der Waals surface area contributed by atoms with Gasteiger partial charge < -0.3 is 25.4 Å². The standard InChI is InChI=1S/C16H22ClN5O5/c1-10(14(23)24)21-9-22(15(18)20-16(21,25)8-17)19-7-11-4-5-12(26-2)13(6-11)27-3/h4-7,10,25H,8-9H2,1-3H3,(H2,18,20)(H,23,24)/b19-7-/t10-,16+/m0/s1. The second-order valence-electron chi connectivity index (χ2n) is 5.76. The number of aliphatic hydroxyl groups is 1. The number of aliphatic carboxylic acids is 1. The van der Waals surface area contributed by atoms with Gasteiger partial charge in [-0.1, -0.05) is 0 Å². The van der Waals surface area contributed by atoms with E-state index in [1.807, 2.05) is 0 Å². The Balaban J connectivity index is 2.29. The third-order valence-electron chi connectivity index (χ3n) is 4.06. The molecule has 10 nitrogen and oxygen atoms in total. The largest absolute Gasteiger partial charge is 0.493 e. The van der Waals surface area contributed by atoms with E-state index in [9.17, 15) is 15.0 Å². The molecule has 0 aromatic heterocycles. The molecular weight excluding hydrogens is 378 g/mol. The summed E-state index contributed by atoms with van der Waals surface area (Å²) in [6, 6.07) is 4.13. The van der Waals surface area contributed by atoms with Crippen LogP contribution in [0.3, 0.4) is 0 Å². The Hall–Kier alpha value is -2.56. The van der Waals surface area contributed by atoms with Gasteiger partial charge in [0.2, 0.25) is 11.8 Å². The molecule has 1 aliphatic heterocycles. The van der Waals surface area contributed by atoms with Crippen molar-refractivity contribution in [2.45, 2.75) is 18.8 Å². The quantitative estimate of drug-likeness (QED) is 0.440. The Labute approximate surface area is 161 Å². The van der Waals surface area contributed by atoms with Crippen molar-refractivity contribution in [3.63, 3.8) is 0 Å². The van der Waals surface area contributed by atoms with Gasteiger partial charge in [0.25, 0.3) is 0 Å². The van der Waals surface area contributed by atoms with Gasteiger partial charge in [0, 0.05) is 0 Å². The first kappa shape index (κ1) is 20.7. The summed E-state index contributed by atoms with van der Waals surface area (Å²) < 4.78 is 10.4. The first-order valence-corrected chi connectivity index (χ1v) is 8.46. The van der Waals surface area contributed by atoms with E-state index in [1.54, 1.807) is 18.2 Å². The number of hydrogen-bond acceptors (Lipinski definition) is 9. The minimum absolute atomic E-state index is 0.0938. The summed E-state index contributed by atoms with van der Waals surface area (Å²) in [5, 5.41) is 25.3. The van der Waals surface area contributed by atoms with E-state index < -0.39 is 17.9 Å². The maximum atomic E-state index is 11.3. The highest BCUT2D eigenvalue weighted by Crippen LogP contribution is 2.27. The number of ether oxygens (including phenoxy) is 2. The lowest BCUT2D eigenvalue weighted by Crippen LogP contribution is -2.63. The summed E-state index contributed by atoms with van der Waals surface area (Å²) >= 11 is 5.78. The molecule has 0 unspecified atom stereocenters. The van der Waals surface area contributed by atoms with Crippen LogP contribution in [0.15, 0.2) is 28.3 Å². The molecule has 4 N–H and O–H groups in total. The molecule has 1 aromatic carbocycles. The van der Waals surface area contributed by atoms with Crippen LogP contribution in [0.1, 0.15) is 12.5 Å². The number of guanidine groups is 1. The number of nitrogens with two attached hydrogens (primary N) is 1. The zero-order valence-corrected chi connectivity index (χ0v) is 15.9. The van der Waals surface area contributed by atoms with E-state index in [0.29, 0.717) is 17.1 Å². The Morgan fingerprint density at radius 2 is 2.15 bits per heavy atom. The highest BCUT2D eigenvalue weighted by Gasteiger charge is 2.44. The van der Waals surface area contributed by atoms with Gasteiger partial charge >= 0.3 is 5.97 Å². The molecule has 1 heterocycles. The number of halogens is 1. The van der Waals surface area contributed by atoms with E-state index in [-0.39, 0.29) is 18.5 Å². The van der Waals surface area contributed by atoms with Crippen LogP contribution in [-0.4, -0.2) is 76.9 Å². The van der Waals surface area contributed by atoms with Crippen LogP contribution >= 0.6 is 11.6 Å². The second kappa shape index (κ2) is 8.42. The lowest BCUT2D eigenvalue weighted by atomic mass is 10.2. The van der Waals surface area contributed by atoms with E-state index in [2.05, 4.69) is 10.1 Å². The highest BCUT2D eigenvalue weighted by atomic mass is 35.5. The number of carboxylic acid groups (broad SMARTS) is 1. The molecule has 27 heavy (non-hydrogen) atoms. The molecule has 148 valence electrons. The zero-order valence-electron chi connectivity index (χ0n) is 15.2. The molecule has 0 radical (unpaired) electrons. The fourth-order valence-electron chi connectivity index (χ4n) is 2.47. The minimum atomic E-state index is -1.93. The van der Waals surface area contributed by atoms with Crippen molar-refractivity contribution in [2.75, 3.05) is 26.8 Å². The number of nitrogens with zero attached hydrogens (tertiary/aromatic N) is 4. The summed E-state index contributed by atoms with van der Waals surface area (Å²) in [5.74, 6) is -2.42. The van der Waals surface area contributed by atoms with Crippen LogP contribution in [0.25, 0.3) is 0 Å².